The Morgan fingerprint density at radius 2 is 2.03 bits per heavy atom. The molecule has 2 fully saturated rings. The molecule has 0 spiro atoms. The first-order valence-electron chi connectivity index (χ1n) is 10.6. The van der Waals surface area contributed by atoms with Gasteiger partial charge in [-0.1, -0.05) is 13.8 Å². The predicted octanol–water partition coefficient (Wildman–Crippen LogP) is 2.51. The van der Waals surface area contributed by atoms with Gasteiger partial charge in [0.25, 0.3) is 0 Å². The van der Waals surface area contributed by atoms with E-state index in [1.165, 1.54) is 17.0 Å². The average Bonchev–Trinajstić information content (AvgIpc) is 3.46. The van der Waals surface area contributed by atoms with Crippen LogP contribution in [0.3, 0.4) is 0 Å². The van der Waals surface area contributed by atoms with Gasteiger partial charge >= 0.3 is 0 Å². The van der Waals surface area contributed by atoms with Crippen molar-refractivity contribution in [1.82, 2.24) is 19.8 Å². The number of halogens is 1. The average molecular weight is 462 g/mol. The van der Waals surface area contributed by atoms with E-state index in [2.05, 4.69) is 20.2 Å². The largest absolute Gasteiger partial charge is 0.336 e. The number of H-pyrrole nitrogens is 1. The van der Waals surface area contributed by atoms with Crippen LogP contribution in [0.2, 0.25) is 0 Å². The quantitative estimate of drug-likeness (QED) is 0.601. The highest BCUT2D eigenvalue weighted by atomic mass is 32.2. The van der Waals surface area contributed by atoms with Gasteiger partial charge in [-0.05, 0) is 31.4 Å². The molecule has 2 aromatic rings. The highest BCUT2D eigenvalue weighted by molar-refractivity contribution is 7.89. The van der Waals surface area contributed by atoms with Crippen LogP contribution >= 0.6 is 0 Å². The molecular formula is C21H24FN5O4S. The Bertz CT molecular complexity index is 1240. The molecule has 32 heavy (non-hydrogen) atoms. The van der Waals surface area contributed by atoms with Crippen molar-refractivity contribution in [2.45, 2.75) is 62.9 Å². The number of anilines is 2. The smallest absolute Gasteiger partial charge is 0.241 e. The predicted molar refractivity (Wildman–Crippen MR) is 113 cm³/mol. The number of rotatable bonds is 4. The lowest BCUT2D eigenvalue weighted by atomic mass is 9.92. The standard InChI is InChI=1S/C21H24FN5O4S/c1-21(2)9-18(28)27(20(21)29)12-4-3-11(7-12)15-8-17(26-25-15)24-14-5-6-16-13(19(14)22)10-23-32(16,30)31/h5-6,8,11-12,23H,3-4,7,9-10H2,1-2H3,(H2,24,25,26). The second-order valence-corrected chi connectivity index (χ2v) is 11.1. The lowest BCUT2D eigenvalue weighted by Gasteiger charge is -2.24. The Hall–Kier alpha value is -2.79. The van der Waals surface area contributed by atoms with Crippen molar-refractivity contribution in [3.8, 4) is 0 Å². The number of fused-ring (bicyclic) bond motifs is 1. The molecule has 3 heterocycles. The summed E-state index contributed by atoms with van der Waals surface area (Å²) in [7, 11) is -3.64. The van der Waals surface area contributed by atoms with E-state index in [1.54, 1.807) is 19.9 Å². The Morgan fingerprint density at radius 3 is 2.75 bits per heavy atom. The number of benzene rings is 1. The number of aromatic nitrogens is 2. The molecule has 1 aromatic heterocycles. The highest BCUT2D eigenvalue weighted by Gasteiger charge is 2.49. The van der Waals surface area contributed by atoms with E-state index in [1.807, 2.05) is 0 Å². The first-order valence-corrected chi connectivity index (χ1v) is 12.0. The molecule has 1 saturated heterocycles. The van der Waals surface area contributed by atoms with E-state index in [-0.39, 0.29) is 52.9 Å². The number of amides is 2. The molecule has 1 aromatic carbocycles. The number of nitrogens with zero attached hydrogens (tertiary/aromatic N) is 2. The summed E-state index contributed by atoms with van der Waals surface area (Å²) in [5.74, 6) is -0.336. The zero-order valence-electron chi connectivity index (χ0n) is 17.7. The fraction of sp³-hybridized carbons (Fsp3) is 0.476. The first kappa shape index (κ1) is 21.1. The summed E-state index contributed by atoms with van der Waals surface area (Å²) in [5, 5.41) is 10.1. The molecular weight excluding hydrogens is 437 g/mol. The minimum absolute atomic E-state index is 0.0468. The number of carbonyl (C=O) groups is 2. The van der Waals surface area contributed by atoms with Crippen molar-refractivity contribution in [3.63, 3.8) is 0 Å². The van der Waals surface area contributed by atoms with Gasteiger partial charge in [-0.3, -0.25) is 19.6 Å². The summed E-state index contributed by atoms with van der Waals surface area (Å²) in [5.41, 5.74) is 0.446. The van der Waals surface area contributed by atoms with Crippen LogP contribution in [0.1, 0.15) is 56.7 Å². The van der Waals surface area contributed by atoms with Crippen molar-refractivity contribution in [2.75, 3.05) is 5.32 Å². The Labute approximate surface area is 184 Å². The third kappa shape index (κ3) is 3.30. The zero-order valence-corrected chi connectivity index (χ0v) is 18.6. The van der Waals surface area contributed by atoms with Crippen molar-refractivity contribution >= 4 is 33.3 Å². The molecule has 9 nitrogen and oxygen atoms in total. The van der Waals surface area contributed by atoms with Gasteiger partial charge in [0.15, 0.2) is 11.6 Å². The maximum Gasteiger partial charge on any atom is 0.241 e. The molecule has 3 aliphatic rings. The van der Waals surface area contributed by atoms with E-state index in [9.17, 15) is 22.4 Å². The maximum atomic E-state index is 14.8. The number of hydrogen-bond acceptors (Lipinski definition) is 6. The molecule has 5 rings (SSSR count). The fourth-order valence-corrected chi connectivity index (χ4v) is 6.15. The van der Waals surface area contributed by atoms with E-state index >= 15 is 0 Å². The molecule has 170 valence electrons. The molecule has 2 atom stereocenters. The van der Waals surface area contributed by atoms with Crippen molar-refractivity contribution in [1.29, 1.82) is 0 Å². The third-order valence-corrected chi connectivity index (χ3v) is 8.14. The maximum absolute atomic E-state index is 14.8. The number of aromatic amines is 1. The van der Waals surface area contributed by atoms with Gasteiger partial charge in [-0.15, -0.1) is 0 Å². The van der Waals surface area contributed by atoms with Gasteiger partial charge in [0.1, 0.15) is 0 Å². The molecule has 2 unspecified atom stereocenters. The SMILES string of the molecule is CC1(C)CC(=O)N(C2CCC(c3cc(Nc4ccc5c(c4F)CNS5(=O)=O)n[nH]3)C2)C1=O. The Morgan fingerprint density at radius 1 is 1.25 bits per heavy atom. The number of imide groups is 1. The summed E-state index contributed by atoms with van der Waals surface area (Å²) >= 11 is 0. The molecule has 3 N–H and O–H groups in total. The van der Waals surface area contributed by atoms with E-state index in [0.717, 1.165) is 18.5 Å². The van der Waals surface area contributed by atoms with Gasteiger partial charge in [0, 0.05) is 42.2 Å². The summed E-state index contributed by atoms with van der Waals surface area (Å²) in [6, 6.07) is 4.42. The second-order valence-electron chi connectivity index (χ2n) is 9.36. The Kier molecular flexibility index (Phi) is 4.68. The number of nitrogens with one attached hydrogen (secondary N) is 3. The van der Waals surface area contributed by atoms with E-state index < -0.39 is 21.3 Å². The summed E-state index contributed by atoms with van der Waals surface area (Å²) in [6.45, 7) is 3.52. The van der Waals surface area contributed by atoms with Gasteiger partial charge < -0.3 is 5.32 Å². The van der Waals surface area contributed by atoms with Crippen LogP contribution in [0.5, 0.6) is 0 Å². The summed E-state index contributed by atoms with van der Waals surface area (Å²) in [4.78, 5) is 26.4. The van der Waals surface area contributed by atoms with Crippen LogP contribution in [0.25, 0.3) is 0 Å². The summed E-state index contributed by atoms with van der Waals surface area (Å²) < 4.78 is 40.8. The number of likely N-dealkylation sites (tertiary alicyclic amines) is 1. The van der Waals surface area contributed by atoms with Gasteiger partial charge in [-0.25, -0.2) is 17.5 Å². The van der Waals surface area contributed by atoms with Crippen LogP contribution in [0, 0.1) is 11.2 Å². The molecule has 11 heteroatoms. The lowest BCUT2D eigenvalue weighted by molar-refractivity contribution is -0.143. The molecule has 0 radical (unpaired) electrons. The van der Waals surface area contributed by atoms with E-state index in [0.29, 0.717) is 12.2 Å². The fourth-order valence-electron chi connectivity index (χ4n) is 4.93. The zero-order chi connectivity index (χ0) is 22.8. The minimum Gasteiger partial charge on any atom is -0.336 e. The van der Waals surface area contributed by atoms with Gasteiger partial charge in [-0.2, -0.15) is 5.10 Å². The minimum atomic E-state index is -3.64. The molecule has 0 bridgehead atoms. The van der Waals surface area contributed by atoms with E-state index in [4.69, 9.17) is 0 Å². The van der Waals surface area contributed by atoms with Crippen molar-refractivity contribution < 1.29 is 22.4 Å². The van der Waals surface area contributed by atoms with Crippen molar-refractivity contribution in [2.24, 2.45) is 5.41 Å². The number of hydrogen-bond donors (Lipinski definition) is 3. The van der Waals surface area contributed by atoms with Crippen LogP contribution in [0.15, 0.2) is 23.1 Å². The lowest BCUT2D eigenvalue weighted by Crippen LogP contribution is -2.40. The van der Waals surface area contributed by atoms with Crippen LogP contribution in [0.4, 0.5) is 15.9 Å². The topological polar surface area (TPSA) is 124 Å². The normalized spacial score (nSPS) is 26.0. The number of sulfonamides is 1. The molecule has 1 saturated carbocycles. The molecule has 2 aliphatic heterocycles. The highest BCUT2D eigenvalue weighted by Crippen LogP contribution is 2.42. The van der Waals surface area contributed by atoms with Gasteiger partial charge in [0.05, 0.1) is 16.0 Å². The summed E-state index contributed by atoms with van der Waals surface area (Å²) in [6.07, 6.45) is 2.45. The van der Waals surface area contributed by atoms with Crippen LogP contribution in [-0.4, -0.2) is 41.4 Å². The monoisotopic (exact) mass is 461 g/mol. The Balaban J connectivity index is 1.30. The second kappa shape index (κ2) is 7.11. The first-order chi connectivity index (χ1) is 15.1. The van der Waals surface area contributed by atoms with Crippen LogP contribution in [-0.2, 0) is 26.2 Å². The third-order valence-electron chi connectivity index (χ3n) is 6.66. The van der Waals surface area contributed by atoms with Gasteiger partial charge in [0.2, 0.25) is 21.8 Å². The van der Waals surface area contributed by atoms with Crippen molar-refractivity contribution in [3.05, 3.63) is 35.3 Å². The molecule has 2 amide bonds. The number of carbonyl (C=O) groups excluding carboxylic acids is 2. The molecule has 1 aliphatic carbocycles. The van der Waals surface area contributed by atoms with Crippen LogP contribution < -0.4 is 10.0 Å².